The first-order chi connectivity index (χ1) is 13.4. The Morgan fingerprint density at radius 1 is 1.21 bits per heavy atom. The summed E-state index contributed by atoms with van der Waals surface area (Å²) in [6, 6.07) is 12.5. The second-order valence-corrected chi connectivity index (χ2v) is 9.63. The molecule has 2 heterocycles. The van der Waals surface area contributed by atoms with E-state index in [0.717, 1.165) is 15.3 Å². The van der Waals surface area contributed by atoms with E-state index in [1.54, 1.807) is 24.3 Å². The third-order valence-corrected chi connectivity index (χ3v) is 7.24. The van der Waals surface area contributed by atoms with E-state index in [0.29, 0.717) is 13.1 Å². The quantitative estimate of drug-likeness (QED) is 0.571. The Kier molecular flexibility index (Phi) is 5.03. The number of ether oxygens (including phenoxy) is 1. The van der Waals surface area contributed by atoms with Crippen molar-refractivity contribution in [3.05, 3.63) is 54.3 Å². The van der Waals surface area contributed by atoms with Gasteiger partial charge in [0.1, 0.15) is 11.9 Å². The number of anilines is 1. The predicted octanol–water partition coefficient (Wildman–Crippen LogP) is 3.03. The number of hydrogen-bond donors (Lipinski definition) is 0. The highest BCUT2D eigenvalue weighted by molar-refractivity contribution is 7.91. The molecule has 2 aromatic carbocycles. The van der Waals surface area contributed by atoms with E-state index in [9.17, 15) is 17.6 Å². The van der Waals surface area contributed by atoms with Gasteiger partial charge in [-0.2, -0.15) is 0 Å². The molecule has 0 unspecified atom stereocenters. The molecule has 0 atom stereocenters. The molecule has 0 radical (unpaired) electrons. The number of fused-ring (bicyclic) bond motifs is 1. The number of hydrogen-bond acceptors (Lipinski definition) is 7. The standard InChI is InChI=1S/C19H17FN2O4S2/c20-13-6-7-16-17(10-13)27-19(21-16)22-11-14(12-22)26-18(23)8-9-28(24,25)15-4-2-1-3-5-15/h1-7,10,14H,8-9,11-12H2. The molecule has 3 aromatic rings. The van der Waals surface area contributed by atoms with Crippen molar-refractivity contribution < 1.29 is 22.3 Å². The van der Waals surface area contributed by atoms with Crippen molar-refractivity contribution in [2.45, 2.75) is 17.4 Å². The zero-order valence-corrected chi connectivity index (χ0v) is 16.4. The third kappa shape index (κ3) is 4.00. The van der Waals surface area contributed by atoms with Gasteiger partial charge in [0.15, 0.2) is 15.0 Å². The lowest BCUT2D eigenvalue weighted by atomic mass is 10.2. The first-order valence-electron chi connectivity index (χ1n) is 8.69. The molecule has 1 fully saturated rings. The molecule has 0 aliphatic carbocycles. The van der Waals surface area contributed by atoms with Gasteiger partial charge in [-0.3, -0.25) is 4.79 Å². The van der Waals surface area contributed by atoms with Gasteiger partial charge in [-0.1, -0.05) is 29.5 Å². The molecule has 1 aliphatic rings. The summed E-state index contributed by atoms with van der Waals surface area (Å²) in [5.41, 5.74) is 0.730. The normalized spacial score (nSPS) is 14.8. The van der Waals surface area contributed by atoms with Crippen LogP contribution in [0, 0.1) is 5.82 Å². The van der Waals surface area contributed by atoms with E-state index in [2.05, 4.69) is 4.98 Å². The summed E-state index contributed by atoms with van der Waals surface area (Å²) < 4.78 is 43.8. The smallest absolute Gasteiger partial charge is 0.307 e. The summed E-state index contributed by atoms with van der Waals surface area (Å²) >= 11 is 1.38. The molecule has 0 saturated carbocycles. The maximum atomic E-state index is 13.3. The van der Waals surface area contributed by atoms with Gasteiger partial charge < -0.3 is 9.64 Å². The topological polar surface area (TPSA) is 76.6 Å². The molecule has 0 amide bonds. The van der Waals surface area contributed by atoms with Gasteiger partial charge in [0, 0.05) is 0 Å². The molecule has 146 valence electrons. The SMILES string of the molecule is O=C(CCS(=O)(=O)c1ccccc1)OC1CN(c2nc3ccc(F)cc3s2)C1. The molecule has 0 bridgehead atoms. The fourth-order valence-electron chi connectivity index (χ4n) is 2.90. The van der Waals surface area contributed by atoms with Gasteiger partial charge in [0.2, 0.25) is 0 Å². The van der Waals surface area contributed by atoms with Crippen molar-refractivity contribution in [2.24, 2.45) is 0 Å². The second kappa shape index (κ2) is 7.48. The second-order valence-electron chi connectivity index (χ2n) is 6.51. The number of carbonyl (C=O) groups excluding carboxylic acids is 1. The van der Waals surface area contributed by atoms with E-state index in [-0.39, 0.29) is 29.0 Å². The van der Waals surface area contributed by atoms with Gasteiger partial charge in [-0.15, -0.1) is 0 Å². The maximum absolute atomic E-state index is 13.3. The van der Waals surface area contributed by atoms with Crippen LogP contribution in [0.25, 0.3) is 10.2 Å². The Bertz CT molecular complexity index is 1110. The molecule has 28 heavy (non-hydrogen) atoms. The van der Waals surface area contributed by atoms with Gasteiger partial charge in [-0.25, -0.2) is 17.8 Å². The Balaban J connectivity index is 1.27. The molecule has 9 heteroatoms. The fourth-order valence-corrected chi connectivity index (χ4v) is 5.15. The minimum atomic E-state index is -3.50. The number of halogens is 1. The minimum absolute atomic E-state index is 0.186. The van der Waals surface area contributed by atoms with Crippen LogP contribution in [0.2, 0.25) is 0 Å². The van der Waals surface area contributed by atoms with Crippen LogP contribution in [0.15, 0.2) is 53.4 Å². The third-order valence-electron chi connectivity index (χ3n) is 4.43. The summed E-state index contributed by atoms with van der Waals surface area (Å²) in [6.45, 7) is 0.971. The number of benzene rings is 2. The van der Waals surface area contributed by atoms with Gasteiger partial charge in [0.25, 0.3) is 0 Å². The summed E-state index contributed by atoms with van der Waals surface area (Å²) in [5, 5.41) is 0.750. The van der Waals surface area contributed by atoms with Gasteiger partial charge >= 0.3 is 5.97 Å². The lowest BCUT2D eigenvalue weighted by Gasteiger charge is -2.38. The highest BCUT2D eigenvalue weighted by Crippen LogP contribution is 2.32. The summed E-state index contributed by atoms with van der Waals surface area (Å²) in [6.07, 6.45) is -0.482. The summed E-state index contributed by atoms with van der Waals surface area (Å²) in [4.78, 5) is 18.6. The number of nitrogens with zero attached hydrogens (tertiary/aromatic N) is 2. The molecule has 0 N–H and O–H groups in total. The number of aromatic nitrogens is 1. The minimum Gasteiger partial charge on any atom is -0.459 e. The van der Waals surface area contributed by atoms with Gasteiger partial charge in [-0.05, 0) is 30.3 Å². The average molecular weight is 420 g/mol. The first kappa shape index (κ1) is 18.8. The van der Waals surface area contributed by atoms with Crippen LogP contribution < -0.4 is 4.90 Å². The van der Waals surface area contributed by atoms with Crippen LogP contribution in [0.1, 0.15) is 6.42 Å². The molecule has 4 rings (SSSR count). The Labute approximate surface area is 165 Å². The van der Waals surface area contributed by atoms with Crippen molar-refractivity contribution in [1.29, 1.82) is 0 Å². The van der Waals surface area contributed by atoms with Crippen LogP contribution in [-0.2, 0) is 19.4 Å². The zero-order valence-electron chi connectivity index (χ0n) is 14.7. The molecule has 0 spiro atoms. The van der Waals surface area contributed by atoms with Crippen LogP contribution in [0.5, 0.6) is 0 Å². The molecular formula is C19H17FN2O4S2. The Morgan fingerprint density at radius 3 is 2.71 bits per heavy atom. The summed E-state index contributed by atoms with van der Waals surface area (Å²) in [5.74, 6) is -1.12. The monoisotopic (exact) mass is 420 g/mol. The number of esters is 1. The van der Waals surface area contributed by atoms with Crippen molar-refractivity contribution in [3.63, 3.8) is 0 Å². The van der Waals surface area contributed by atoms with Crippen molar-refractivity contribution in [1.82, 2.24) is 4.98 Å². The highest BCUT2D eigenvalue weighted by Gasteiger charge is 2.32. The van der Waals surface area contributed by atoms with Crippen molar-refractivity contribution >= 4 is 42.5 Å². The largest absolute Gasteiger partial charge is 0.459 e. The van der Waals surface area contributed by atoms with Crippen LogP contribution in [-0.4, -0.2) is 44.3 Å². The van der Waals surface area contributed by atoms with Crippen LogP contribution in [0.3, 0.4) is 0 Å². The number of carbonyl (C=O) groups is 1. The highest BCUT2D eigenvalue weighted by atomic mass is 32.2. The van der Waals surface area contributed by atoms with E-state index in [1.807, 2.05) is 4.90 Å². The summed E-state index contributed by atoms with van der Waals surface area (Å²) in [7, 11) is -3.50. The Hall–Kier alpha value is -2.52. The van der Waals surface area contributed by atoms with Crippen molar-refractivity contribution in [2.75, 3.05) is 23.7 Å². The molecule has 1 saturated heterocycles. The lowest BCUT2D eigenvalue weighted by Crippen LogP contribution is -2.53. The van der Waals surface area contributed by atoms with E-state index < -0.39 is 15.8 Å². The molecule has 1 aliphatic heterocycles. The maximum Gasteiger partial charge on any atom is 0.307 e. The van der Waals surface area contributed by atoms with E-state index in [4.69, 9.17) is 4.74 Å². The Morgan fingerprint density at radius 2 is 1.96 bits per heavy atom. The molecule has 6 nitrogen and oxygen atoms in total. The van der Waals surface area contributed by atoms with Gasteiger partial charge in [0.05, 0.1) is 40.4 Å². The number of rotatable bonds is 6. The van der Waals surface area contributed by atoms with E-state index in [1.165, 1.54) is 35.6 Å². The lowest BCUT2D eigenvalue weighted by molar-refractivity contribution is -0.149. The number of thiazole rings is 1. The van der Waals surface area contributed by atoms with Crippen LogP contribution in [0.4, 0.5) is 9.52 Å². The molecular weight excluding hydrogens is 403 g/mol. The van der Waals surface area contributed by atoms with E-state index >= 15 is 0 Å². The van der Waals surface area contributed by atoms with Crippen LogP contribution >= 0.6 is 11.3 Å². The predicted molar refractivity (Wildman–Crippen MR) is 105 cm³/mol. The fraction of sp³-hybridized carbons (Fsp3) is 0.263. The average Bonchev–Trinajstić information content (AvgIpc) is 3.06. The number of sulfone groups is 1. The van der Waals surface area contributed by atoms with Crippen molar-refractivity contribution in [3.8, 4) is 0 Å². The first-order valence-corrected chi connectivity index (χ1v) is 11.2. The molecule has 1 aromatic heterocycles. The zero-order chi connectivity index (χ0) is 19.7.